The fourth-order valence-corrected chi connectivity index (χ4v) is 4.90. The predicted molar refractivity (Wildman–Crippen MR) is 131 cm³/mol. The summed E-state index contributed by atoms with van der Waals surface area (Å²) in [5.41, 5.74) is 1.22. The minimum atomic E-state index is -0.478. The van der Waals surface area contributed by atoms with E-state index in [1.54, 1.807) is 6.20 Å². The number of anilines is 1. The van der Waals surface area contributed by atoms with Crippen molar-refractivity contribution in [2.75, 3.05) is 25.2 Å². The smallest absolute Gasteiger partial charge is 0.165 e. The lowest BCUT2D eigenvalue weighted by atomic mass is 9.99. The van der Waals surface area contributed by atoms with Crippen LogP contribution >= 0.6 is 22.9 Å². The second kappa shape index (κ2) is 9.52. The van der Waals surface area contributed by atoms with Crippen molar-refractivity contribution in [2.24, 2.45) is 5.92 Å². The lowest BCUT2D eigenvalue weighted by Crippen LogP contribution is -2.26. The van der Waals surface area contributed by atoms with E-state index in [4.69, 9.17) is 21.1 Å². The summed E-state index contributed by atoms with van der Waals surface area (Å²) < 4.78 is 26.3. The summed E-state index contributed by atoms with van der Waals surface area (Å²) >= 11 is 7.84. The molecule has 0 N–H and O–H groups in total. The van der Waals surface area contributed by atoms with E-state index < -0.39 is 5.82 Å². The lowest BCUT2D eigenvalue weighted by Gasteiger charge is -2.22. The number of rotatable bonds is 7. The summed E-state index contributed by atoms with van der Waals surface area (Å²) in [7, 11) is 2.00. The molecule has 1 aliphatic heterocycles. The van der Waals surface area contributed by atoms with Crippen LogP contribution in [0.3, 0.4) is 0 Å². The van der Waals surface area contributed by atoms with Crippen LogP contribution in [0.25, 0.3) is 21.1 Å². The third-order valence-corrected chi connectivity index (χ3v) is 7.09. The molecule has 0 aliphatic carbocycles. The maximum atomic E-state index is 14.8. The summed E-state index contributed by atoms with van der Waals surface area (Å²) in [6, 6.07) is 7.04. The van der Waals surface area contributed by atoms with Crippen molar-refractivity contribution in [2.45, 2.75) is 45.8 Å². The molecule has 3 aromatic rings. The molecule has 0 bridgehead atoms. The van der Waals surface area contributed by atoms with E-state index in [2.05, 4.69) is 33.9 Å². The number of nitrogens with zero attached hydrogens (tertiary/aromatic N) is 4. The second-order valence-electron chi connectivity index (χ2n) is 9.23. The Kier molecular flexibility index (Phi) is 6.88. The Labute approximate surface area is 202 Å². The van der Waals surface area contributed by atoms with Crippen molar-refractivity contribution < 1.29 is 13.9 Å². The first-order valence-corrected chi connectivity index (χ1v) is 12.1. The van der Waals surface area contributed by atoms with Crippen LogP contribution in [0.5, 0.6) is 5.75 Å². The molecule has 1 aliphatic rings. The Balaban J connectivity index is 1.51. The largest absolute Gasteiger partial charge is 0.490 e. The summed E-state index contributed by atoms with van der Waals surface area (Å²) in [4.78, 5) is 6.51. The highest BCUT2D eigenvalue weighted by molar-refractivity contribution is 7.18. The van der Waals surface area contributed by atoms with Gasteiger partial charge in [0.25, 0.3) is 0 Å². The van der Waals surface area contributed by atoms with Crippen LogP contribution < -0.4 is 9.64 Å². The summed E-state index contributed by atoms with van der Waals surface area (Å²) in [5, 5.41) is 10.2. The minimum absolute atomic E-state index is 0.133. The molecule has 9 heteroatoms. The van der Waals surface area contributed by atoms with Gasteiger partial charge in [-0.2, -0.15) is 0 Å². The molecule has 4 rings (SSSR count). The third-order valence-electron chi connectivity index (χ3n) is 5.77. The van der Waals surface area contributed by atoms with Gasteiger partial charge in [0.1, 0.15) is 15.8 Å². The van der Waals surface area contributed by atoms with Crippen LogP contribution in [0.1, 0.15) is 34.1 Å². The van der Waals surface area contributed by atoms with Crippen LogP contribution in [0.15, 0.2) is 30.5 Å². The third kappa shape index (κ3) is 5.45. The minimum Gasteiger partial charge on any atom is -0.490 e. The normalized spacial score (nSPS) is 17.5. The first-order chi connectivity index (χ1) is 15.6. The number of ether oxygens (including phenoxy) is 2. The highest BCUT2D eigenvalue weighted by Gasteiger charge is 2.32. The first-order valence-electron chi connectivity index (χ1n) is 10.9. The summed E-state index contributed by atoms with van der Waals surface area (Å²) in [6.07, 6.45) is 2.62. The van der Waals surface area contributed by atoms with Gasteiger partial charge in [-0.25, -0.2) is 9.37 Å². The Morgan fingerprint density at radius 2 is 2.03 bits per heavy atom. The number of aromatic nitrogens is 3. The molecule has 1 fully saturated rings. The van der Waals surface area contributed by atoms with Crippen molar-refractivity contribution >= 4 is 28.8 Å². The average molecular weight is 491 g/mol. The molecular formula is C24H28ClFN4O2S. The molecule has 0 saturated carbocycles. The zero-order chi connectivity index (χ0) is 23.8. The van der Waals surface area contributed by atoms with Gasteiger partial charge < -0.3 is 14.4 Å². The van der Waals surface area contributed by atoms with Gasteiger partial charge in [0, 0.05) is 42.4 Å². The molecule has 0 spiro atoms. The van der Waals surface area contributed by atoms with Crippen molar-refractivity contribution in [3.05, 3.63) is 41.3 Å². The van der Waals surface area contributed by atoms with Gasteiger partial charge in [-0.05, 0) is 52.3 Å². The summed E-state index contributed by atoms with van der Waals surface area (Å²) in [6.45, 7) is 9.29. The van der Waals surface area contributed by atoms with Crippen molar-refractivity contribution in [1.82, 2.24) is 15.2 Å². The second-order valence-corrected chi connectivity index (χ2v) is 10.6. The number of halogens is 2. The van der Waals surface area contributed by atoms with E-state index >= 15 is 0 Å². The van der Waals surface area contributed by atoms with Gasteiger partial charge in [-0.1, -0.05) is 22.9 Å². The van der Waals surface area contributed by atoms with Crippen LogP contribution in [-0.4, -0.2) is 47.1 Å². The molecule has 1 atom stereocenters. The van der Waals surface area contributed by atoms with Crippen molar-refractivity contribution in [3.8, 4) is 26.9 Å². The zero-order valence-electron chi connectivity index (χ0n) is 19.4. The van der Waals surface area contributed by atoms with E-state index in [1.807, 2.05) is 33.0 Å². The maximum absolute atomic E-state index is 14.8. The van der Waals surface area contributed by atoms with Crippen LogP contribution in [0.2, 0.25) is 5.02 Å². The molecule has 1 saturated heterocycles. The van der Waals surface area contributed by atoms with E-state index in [0.29, 0.717) is 39.9 Å². The molecule has 0 radical (unpaired) electrons. The zero-order valence-corrected chi connectivity index (χ0v) is 21.0. The van der Waals surface area contributed by atoms with Crippen LogP contribution in [-0.2, 0) is 4.74 Å². The molecular weight excluding hydrogens is 463 g/mol. The maximum Gasteiger partial charge on any atom is 0.165 e. The quantitative estimate of drug-likeness (QED) is 0.399. The first kappa shape index (κ1) is 23.9. The monoisotopic (exact) mass is 490 g/mol. The van der Waals surface area contributed by atoms with Gasteiger partial charge in [-0.15, -0.1) is 10.2 Å². The topological polar surface area (TPSA) is 60.4 Å². The highest BCUT2D eigenvalue weighted by atomic mass is 35.5. The Hall–Kier alpha value is -2.29. The van der Waals surface area contributed by atoms with Crippen LogP contribution in [0.4, 0.5) is 10.2 Å². The van der Waals surface area contributed by atoms with E-state index in [9.17, 15) is 4.39 Å². The SMILES string of the molecule is CC(C)N(C)c1cc(-c2nnc(-c3cc(F)c(OCC4COC(C)(C)C4)cc3Cl)s2)ccn1. The molecule has 6 nitrogen and oxygen atoms in total. The van der Waals surface area contributed by atoms with Gasteiger partial charge in [0.2, 0.25) is 0 Å². The average Bonchev–Trinajstić information content (AvgIpc) is 3.40. The van der Waals surface area contributed by atoms with Crippen LogP contribution in [0, 0.1) is 11.7 Å². The molecule has 33 heavy (non-hydrogen) atoms. The van der Waals surface area contributed by atoms with E-state index in [1.165, 1.54) is 23.5 Å². The van der Waals surface area contributed by atoms with Gasteiger partial charge in [0.15, 0.2) is 11.6 Å². The fraction of sp³-hybridized carbons (Fsp3) is 0.458. The Bertz CT molecular complexity index is 1140. The molecule has 1 unspecified atom stereocenters. The van der Waals surface area contributed by atoms with Crippen molar-refractivity contribution in [1.29, 1.82) is 0 Å². The number of pyridine rings is 1. The van der Waals surface area contributed by atoms with E-state index in [-0.39, 0.29) is 17.3 Å². The molecule has 0 amide bonds. The summed E-state index contributed by atoms with van der Waals surface area (Å²) in [5.74, 6) is 0.729. The van der Waals surface area contributed by atoms with Gasteiger partial charge >= 0.3 is 0 Å². The fourth-order valence-electron chi connectivity index (χ4n) is 3.73. The van der Waals surface area contributed by atoms with Gasteiger partial charge in [-0.3, -0.25) is 0 Å². The molecule has 176 valence electrons. The molecule has 3 heterocycles. The van der Waals surface area contributed by atoms with E-state index in [0.717, 1.165) is 17.8 Å². The lowest BCUT2D eigenvalue weighted by molar-refractivity contribution is 0.0340. The molecule has 1 aromatic carbocycles. The Morgan fingerprint density at radius 1 is 1.27 bits per heavy atom. The number of hydrogen-bond acceptors (Lipinski definition) is 7. The Morgan fingerprint density at radius 3 is 2.73 bits per heavy atom. The highest BCUT2D eigenvalue weighted by Crippen LogP contribution is 2.38. The standard InChI is InChI=1S/C24H28ClFN4O2S/c1-14(2)30(5)21-8-16(6-7-27-21)22-28-29-23(33-22)17-9-19(26)20(10-18(17)25)31-12-15-11-24(3,4)32-13-15/h6-10,14-15H,11-13H2,1-5H3. The predicted octanol–water partition coefficient (Wildman–Crippen LogP) is 6.10. The van der Waals surface area contributed by atoms with Crippen molar-refractivity contribution in [3.63, 3.8) is 0 Å². The van der Waals surface area contributed by atoms with Gasteiger partial charge in [0.05, 0.1) is 23.8 Å². The molecule has 2 aromatic heterocycles. The number of hydrogen-bond donors (Lipinski definition) is 0. The number of benzene rings is 1.